The normalized spacial score (nSPS) is 15.6. The van der Waals surface area contributed by atoms with Gasteiger partial charge in [-0.15, -0.1) is 0 Å². The highest BCUT2D eigenvalue weighted by molar-refractivity contribution is 6.01. The SMILES string of the molecule is C[C@@](NC(=O)c1ccc2[nH]ncc2c1)(NC(=O)C1CCCCC1)C(=O)OCCCNc1ccccn1. The van der Waals surface area contributed by atoms with Gasteiger partial charge in [0.15, 0.2) is 0 Å². The number of hydrogen-bond acceptors (Lipinski definition) is 7. The molecule has 36 heavy (non-hydrogen) atoms. The molecule has 0 spiro atoms. The van der Waals surface area contributed by atoms with Crippen LogP contribution in [0.5, 0.6) is 0 Å². The van der Waals surface area contributed by atoms with Crippen LogP contribution in [0.1, 0.15) is 55.8 Å². The third-order valence-electron chi connectivity index (χ3n) is 6.35. The number of aromatic amines is 1. The summed E-state index contributed by atoms with van der Waals surface area (Å²) in [6.07, 6.45) is 8.41. The van der Waals surface area contributed by atoms with Crippen molar-refractivity contribution < 1.29 is 19.1 Å². The van der Waals surface area contributed by atoms with Crippen LogP contribution in [-0.2, 0) is 14.3 Å². The van der Waals surface area contributed by atoms with Gasteiger partial charge in [-0.05, 0) is 56.5 Å². The molecule has 4 N–H and O–H groups in total. The number of benzene rings is 1. The number of carbonyl (C=O) groups is 3. The Bertz CT molecular complexity index is 1190. The smallest absolute Gasteiger partial charge is 0.352 e. The highest BCUT2D eigenvalue weighted by atomic mass is 16.5. The van der Waals surface area contributed by atoms with Crippen molar-refractivity contribution in [2.24, 2.45) is 5.92 Å². The minimum atomic E-state index is -1.72. The number of ether oxygens (including phenoxy) is 1. The predicted molar refractivity (Wildman–Crippen MR) is 135 cm³/mol. The van der Waals surface area contributed by atoms with E-state index in [1.54, 1.807) is 30.6 Å². The molecule has 1 aromatic carbocycles. The lowest BCUT2D eigenvalue weighted by molar-refractivity contribution is -0.154. The van der Waals surface area contributed by atoms with Crippen LogP contribution in [0.2, 0.25) is 0 Å². The number of nitrogens with zero attached hydrogens (tertiary/aromatic N) is 2. The van der Waals surface area contributed by atoms with Crippen LogP contribution in [-0.4, -0.2) is 51.8 Å². The Morgan fingerprint density at radius 2 is 1.94 bits per heavy atom. The molecule has 0 bridgehead atoms. The molecular formula is C26H32N6O4. The van der Waals surface area contributed by atoms with Gasteiger partial charge in [0.25, 0.3) is 5.91 Å². The number of esters is 1. The minimum Gasteiger partial charge on any atom is -0.462 e. The lowest BCUT2D eigenvalue weighted by Gasteiger charge is -2.32. The van der Waals surface area contributed by atoms with Crippen molar-refractivity contribution in [3.63, 3.8) is 0 Å². The molecule has 1 saturated carbocycles. The molecule has 2 aromatic heterocycles. The van der Waals surface area contributed by atoms with Crippen LogP contribution in [0.3, 0.4) is 0 Å². The van der Waals surface area contributed by atoms with Crippen LogP contribution in [0.4, 0.5) is 5.82 Å². The molecule has 0 aliphatic heterocycles. The predicted octanol–water partition coefficient (Wildman–Crippen LogP) is 3.15. The molecule has 1 atom stereocenters. The first-order chi connectivity index (χ1) is 17.4. The monoisotopic (exact) mass is 492 g/mol. The lowest BCUT2D eigenvalue weighted by Crippen LogP contribution is -2.65. The van der Waals surface area contributed by atoms with Crippen molar-refractivity contribution >= 4 is 34.5 Å². The van der Waals surface area contributed by atoms with Gasteiger partial charge in [-0.2, -0.15) is 5.10 Å². The standard InChI is InChI=1S/C26H32N6O4/c1-26(30-23(33)18-8-3-2-4-9-18,25(35)36-15-7-14-28-22-10-5-6-13-27-22)31-24(34)19-11-12-21-20(16-19)17-29-32-21/h5-6,10-13,16-18H,2-4,7-9,14-15H2,1H3,(H,27,28)(H,29,32)(H,30,33)(H,31,34)/t26-/m0/s1. The lowest BCUT2D eigenvalue weighted by atomic mass is 9.88. The van der Waals surface area contributed by atoms with Gasteiger partial charge in [0, 0.05) is 29.6 Å². The van der Waals surface area contributed by atoms with E-state index in [4.69, 9.17) is 4.74 Å². The number of amides is 2. The maximum atomic E-state index is 13.2. The molecule has 3 aromatic rings. The summed E-state index contributed by atoms with van der Waals surface area (Å²) in [5.41, 5.74) is -0.584. The third kappa shape index (κ3) is 6.38. The van der Waals surface area contributed by atoms with Crippen molar-refractivity contribution in [2.75, 3.05) is 18.5 Å². The summed E-state index contributed by atoms with van der Waals surface area (Å²) in [4.78, 5) is 43.5. The first-order valence-electron chi connectivity index (χ1n) is 12.3. The van der Waals surface area contributed by atoms with Crippen molar-refractivity contribution in [3.8, 4) is 0 Å². The maximum Gasteiger partial charge on any atom is 0.352 e. The molecule has 190 valence electrons. The van der Waals surface area contributed by atoms with Gasteiger partial charge in [0.05, 0.1) is 18.3 Å². The molecule has 0 unspecified atom stereocenters. The largest absolute Gasteiger partial charge is 0.462 e. The second-order valence-corrected chi connectivity index (χ2v) is 9.21. The Labute approximate surface area is 209 Å². The summed E-state index contributed by atoms with van der Waals surface area (Å²) >= 11 is 0. The number of nitrogens with one attached hydrogen (secondary N) is 4. The molecule has 1 aliphatic carbocycles. The van der Waals surface area contributed by atoms with Crippen LogP contribution in [0, 0.1) is 5.92 Å². The first-order valence-corrected chi connectivity index (χ1v) is 12.3. The molecule has 0 radical (unpaired) electrons. The van der Waals surface area contributed by atoms with Crippen molar-refractivity contribution in [3.05, 3.63) is 54.4 Å². The number of pyridine rings is 1. The van der Waals surface area contributed by atoms with Gasteiger partial charge in [0.2, 0.25) is 11.6 Å². The zero-order valence-electron chi connectivity index (χ0n) is 20.4. The van der Waals surface area contributed by atoms with Crippen molar-refractivity contribution in [1.29, 1.82) is 0 Å². The third-order valence-corrected chi connectivity index (χ3v) is 6.35. The van der Waals surface area contributed by atoms with E-state index in [0.717, 1.165) is 48.8 Å². The number of hydrogen-bond donors (Lipinski definition) is 4. The van der Waals surface area contributed by atoms with Gasteiger partial charge in [-0.1, -0.05) is 25.3 Å². The van der Waals surface area contributed by atoms with Gasteiger partial charge < -0.3 is 20.7 Å². The highest BCUT2D eigenvalue weighted by Gasteiger charge is 2.40. The Balaban J connectivity index is 1.40. The fourth-order valence-corrected chi connectivity index (χ4v) is 4.29. The molecule has 4 rings (SSSR count). The fourth-order valence-electron chi connectivity index (χ4n) is 4.29. The van der Waals surface area contributed by atoms with E-state index in [-0.39, 0.29) is 18.4 Å². The van der Waals surface area contributed by atoms with Gasteiger partial charge >= 0.3 is 5.97 Å². The van der Waals surface area contributed by atoms with E-state index in [2.05, 4.69) is 31.1 Å². The zero-order valence-corrected chi connectivity index (χ0v) is 20.4. The van der Waals surface area contributed by atoms with E-state index in [0.29, 0.717) is 18.5 Å². The number of aromatic nitrogens is 3. The molecular weight excluding hydrogens is 460 g/mol. The first kappa shape index (κ1) is 25.2. The Morgan fingerprint density at radius 3 is 2.72 bits per heavy atom. The van der Waals surface area contributed by atoms with Crippen molar-refractivity contribution in [1.82, 2.24) is 25.8 Å². The van der Waals surface area contributed by atoms with E-state index < -0.39 is 17.5 Å². The van der Waals surface area contributed by atoms with Crippen molar-refractivity contribution in [2.45, 2.75) is 51.1 Å². The van der Waals surface area contributed by atoms with E-state index in [9.17, 15) is 14.4 Å². The molecule has 1 fully saturated rings. The van der Waals surface area contributed by atoms with E-state index in [1.807, 2.05) is 18.2 Å². The van der Waals surface area contributed by atoms with E-state index >= 15 is 0 Å². The van der Waals surface area contributed by atoms with Crippen LogP contribution in [0.15, 0.2) is 48.8 Å². The Kier molecular flexibility index (Phi) is 8.14. The number of fused-ring (bicyclic) bond motifs is 1. The van der Waals surface area contributed by atoms with Gasteiger partial charge in [-0.3, -0.25) is 14.7 Å². The molecule has 2 heterocycles. The van der Waals surface area contributed by atoms with Crippen LogP contribution >= 0.6 is 0 Å². The summed E-state index contributed by atoms with van der Waals surface area (Å²) in [6, 6.07) is 10.6. The highest BCUT2D eigenvalue weighted by Crippen LogP contribution is 2.24. The number of carbonyl (C=O) groups excluding carboxylic acids is 3. The average Bonchev–Trinajstić information content (AvgIpc) is 3.37. The summed E-state index contributed by atoms with van der Waals surface area (Å²) in [5, 5.41) is 16.2. The molecule has 10 nitrogen and oxygen atoms in total. The summed E-state index contributed by atoms with van der Waals surface area (Å²) in [5.74, 6) is -0.931. The summed E-state index contributed by atoms with van der Waals surface area (Å²) in [6.45, 7) is 2.13. The fraction of sp³-hybridized carbons (Fsp3) is 0.423. The summed E-state index contributed by atoms with van der Waals surface area (Å²) in [7, 11) is 0. The molecule has 1 aliphatic rings. The number of rotatable bonds is 10. The average molecular weight is 493 g/mol. The zero-order chi connectivity index (χ0) is 25.4. The number of anilines is 1. The Hall–Kier alpha value is -3.95. The van der Waals surface area contributed by atoms with Crippen LogP contribution in [0.25, 0.3) is 10.9 Å². The van der Waals surface area contributed by atoms with Gasteiger partial charge in [0.1, 0.15) is 5.82 Å². The Morgan fingerprint density at radius 1 is 1.11 bits per heavy atom. The van der Waals surface area contributed by atoms with Crippen LogP contribution < -0.4 is 16.0 Å². The topological polar surface area (TPSA) is 138 Å². The second-order valence-electron chi connectivity index (χ2n) is 9.21. The molecule has 10 heteroatoms. The molecule has 0 saturated heterocycles. The maximum absolute atomic E-state index is 13.2. The molecule has 2 amide bonds. The van der Waals surface area contributed by atoms with E-state index in [1.165, 1.54) is 6.92 Å². The summed E-state index contributed by atoms with van der Waals surface area (Å²) < 4.78 is 5.48. The van der Waals surface area contributed by atoms with Gasteiger partial charge in [-0.25, -0.2) is 9.78 Å². The minimum absolute atomic E-state index is 0.115. The second kappa shape index (κ2) is 11.7. The quantitative estimate of drug-likeness (QED) is 0.194. The number of H-pyrrole nitrogens is 1.